The van der Waals surface area contributed by atoms with Gasteiger partial charge in [-0.3, -0.25) is 4.79 Å². The van der Waals surface area contributed by atoms with Crippen LogP contribution in [0.15, 0.2) is 24.3 Å². The van der Waals surface area contributed by atoms with E-state index < -0.39 is 0 Å². The minimum Gasteiger partial charge on any atom is -0.352 e. The largest absolute Gasteiger partial charge is 0.352 e. The second-order valence-electron chi connectivity index (χ2n) is 4.43. The van der Waals surface area contributed by atoms with Gasteiger partial charge < -0.3 is 5.32 Å². The number of hydrogen-bond donors (Lipinski definition) is 1. The minimum atomic E-state index is -0.0992. The molecule has 0 saturated heterocycles. The van der Waals surface area contributed by atoms with Crippen LogP contribution >= 0.6 is 23.2 Å². The van der Waals surface area contributed by atoms with Crippen LogP contribution in [0.25, 0.3) is 6.08 Å². The molecular formula is C15H19Cl2NO. The molecule has 1 aromatic carbocycles. The first-order valence-corrected chi connectivity index (χ1v) is 7.23. The normalized spacial score (nSPS) is 11.2. The summed E-state index contributed by atoms with van der Waals surface area (Å²) in [5.41, 5.74) is 0.781. The fourth-order valence-corrected chi connectivity index (χ4v) is 2.15. The summed E-state index contributed by atoms with van der Waals surface area (Å²) in [5.74, 6) is 0.439. The maximum atomic E-state index is 11.7. The zero-order valence-corrected chi connectivity index (χ0v) is 12.8. The highest BCUT2D eigenvalue weighted by Gasteiger charge is 2.04. The van der Waals surface area contributed by atoms with Crippen molar-refractivity contribution in [2.24, 2.45) is 5.92 Å². The first-order chi connectivity index (χ1) is 9.06. The van der Waals surface area contributed by atoms with E-state index in [4.69, 9.17) is 23.2 Å². The van der Waals surface area contributed by atoms with E-state index in [-0.39, 0.29) is 5.91 Å². The van der Waals surface area contributed by atoms with E-state index in [2.05, 4.69) is 19.2 Å². The molecule has 0 atom stereocenters. The van der Waals surface area contributed by atoms with Gasteiger partial charge in [0.05, 0.1) is 0 Å². The molecule has 0 aromatic heterocycles. The van der Waals surface area contributed by atoms with Gasteiger partial charge in [-0.15, -0.1) is 0 Å². The molecule has 4 heteroatoms. The van der Waals surface area contributed by atoms with Crippen LogP contribution < -0.4 is 5.32 Å². The van der Waals surface area contributed by atoms with Gasteiger partial charge in [-0.1, -0.05) is 56.0 Å². The van der Waals surface area contributed by atoms with Crippen LogP contribution in [0.5, 0.6) is 0 Å². The molecule has 1 rings (SSSR count). The van der Waals surface area contributed by atoms with Crippen LogP contribution in [-0.4, -0.2) is 12.5 Å². The van der Waals surface area contributed by atoms with Crippen LogP contribution in [0, 0.1) is 5.92 Å². The van der Waals surface area contributed by atoms with Gasteiger partial charge in [-0.05, 0) is 29.7 Å². The molecule has 0 bridgehead atoms. The number of rotatable bonds is 6. The van der Waals surface area contributed by atoms with Crippen molar-refractivity contribution in [1.29, 1.82) is 0 Å². The summed E-state index contributed by atoms with van der Waals surface area (Å²) in [6.45, 7) is 4.97. The molecule has 0 saturated carbocycles. The van der Waals surface area contributed by atoms with Crippen molar-refractivity contribution in [2.45, 2.75) is 26.7 Å². The Bertz CT molecular complexity index is 453. The van der Waals surface area contributed by atoms with E-state index in [0.717, 1.165) is 18.4 Å². The van der Waals surface area contributed by atoms with E-state index >= 15 is 0 Å². The minimum absolute atomic E-state index is 0.0992. The first-order valence-electron chi connectivity index (χ1n) is 6.47. The summed E-state index contributed by atoms with van der Waals surface area (Å²) in [6, 6.07) is 5.19. The molecule has 1 N–H and O–H groups in total. The van der Waals surface area contributed by atoms with Crippen molar-refractivity contribution in [3.8, 4) is 0 Å². The maximum Gasteiger partial charge on any atom is 0.244 e. The summed E-state index contributed by atoms with van der Waals surface area (Å²) in [4.78, 5) is 11.7. The lowest BCUT2D eigenvalue weighted by atomic mass is 10.0. The van der Waals surface area contributed by atoms with Crippen LogP contribution in [-0.2, 0) is 4.79 Å². The Morgan fingerprint density at radius 1 is 1.32 bits per heavy atom. The highest BCUT2D eigenvalue weighted by atomic mass is 35.5. The molecular weight excluding hydrogens is 281 g/mol. The van der Waals surface area contributed by atoms with Crippen LogP contribution in [0.4, 0.5) is 0 Å². The van der Waals surface area contributed by atoms with Gasteiger partial charge in [0.15, 0.2) is 0 Å². The first kappa shape index (κ1) is 16.1. The molecule has 0 radical (unpaired) electrons. The van der Waals surface area contributed by atoms with Crippen molar-refractivity contribution >= 4 is 35.2 Å². The second kappa shape index (κ2) is 8.23. The summed E-state index contributed by atoms with van der Waals surface area (Å²) in [6.07, 6.45) is 5.34. The second-order valence-corrected chi connectivity index (χ2v) is 5.27. The molecule has 0 fully saturated rings. The topological polar surface area (TPSA) is 29.1 Å². The SMILES string of the molecule is CCC(CC)CNC(=O)/C=C/c1ccc(Cl)cc1Cl. The molecule has 2 nitrogen and oxygen atoms in total. The fraction of sp³-hybridized carbons (Fsp3) is 0.400. The molecule has 0 unspecified atom stereocenters. The molecule has 0 aliphatic rings. The summed E-state index contributed by atoms with van der Waals surface area (Å²) >= 11 is 11.8. The zero-order chi connectivity index (χ0) is 14.3. The third-order valence-corrected chi connectivity index (χ3v) is 3.66. The van der Waals surface area contributed by atoms with E-state index in [1.54, 1.807) is 24.3 Å². The average Bonchev–Trinajstić information content (AvgIpc) is 2.39. The predicted octanol–water partition coefficient (Wildman–Crippen LogP) is 4.56. The average molecular weight is 300 g/mol. The number of amides is 1. The Balaban J connectivity index is 2.54. The Hall–Kier alpha value is -0.990. The quantitative estimate of drug-likeness (QED) is 0.767. The van der Waals surface area contributed by atoms with Gasteiger partial charge in [-0.2, -0.15) is 0 Å². The molecule has 1 amide bonds. The molecule has 0 aliphatic carbocycles. The lowest BCUT2D eigenvalue weighted by Crippen LogP contribution is -2.27. The van der Waals surface area contributed by atoms with Crippen molar-refractivity contribution < 1.29 is 4.79 Å². The Labute approximate surface area is 124 Å². The van der Waals surface area contributed by atoms with Crippen molar-refractivity contribution in [3.63, 3.8) is 0 Å². The highest BCUT2D eigenvalue weighted by molar-refractivity contribution is 6.35. The molecule has 0 heterocycles. The standard InChI is InChI=1S/C15H19Cl2NO/c1-3-11(4-2)10-18-15(19)8-6-12-5-7-13(16)9-14(12)17/h5-9,11H,3-4,10H2,1-2H3,(H,18,19)/b8-6+. The molecule has 19 heavy (non-hydrogen) atoms. The third-order valence-electron chi connectivity index (χ3n) is 3.10. The molecule has 0 aliphatic heterocycles. The predicted molar refractivity (Wildman–Crippen MR) is 82.6 cm³/mol. The number of nitrogens with one attached hydrogen (secondary N) is 1. The summed E-state index contributed by atoms with van der Waals surface area (Å²) in [5, 5.41) is 4.01. The molecule has 1 aromatic rings. The third kappa shape index (κ3) is 5.66. The van der Waals surface area contributed by atoms with Gasteiger partial charge >= 0.3 is 0 Å². The number of carbonyl (C=O) groups is 1. The van der Waals surface area contributed by atoms with Crippen LogP contribution in [0.3, 0.4) is 0 Å². The summed E-state index contributed by atoms with van der Waals surface area (Å²) < 4.78 is 0. The molecule has 0 spiro atoms. The number of benzene rings is 1. The Kier molecular flexibility index (Phi) is 6.96. The van der Waals surface area contributed by atoms with Gasteiger partial charge in [0.25, 0.3) is 0 Å². The van der Waals surface area contributed by atoms with Gasteiger partial charge in [0.1, 0.15) is 0 Å². The van der Waals surface area contributed by atoms with Gasteiger partial charge in [-0.25, -0.2) is 0 Å². The van der Waals surface area contributed by atoms with Crippen molar-refractivity contribution in [2.75, 3.05) is 6.54 Å². The van der Waals surface area contributed by atoms with Gasteiger partial charge in [0, 0.05) is 22.7 Å². The Morgan fingerprint density at radius 2 is 2.00 bits per heavy atom. The summed E-state index contributed by atoms with van der Waals surface area (Å²) in [7, 11) is 0. The molecule has 104 valence electrons. The van der Waals surface area contributed by atoms with Crippen molar-refractivity contribution in [3.05, 3.63) is 39.9 Å². The number of hydrogen-bond acceptors (Lipinski definition) is 1. The number of carbonyl (C=O) groups excluding carboxylic acids is 1. The number of halogens is 2. The fourth-order valence-electron chi connectivity index (χ4n) is 1.68. The lowest BCUT2D eigenvalue weighted by Gasteiger charge is -2.11. The van der Waals surface area contributed by atoms with E-state index in [1.165, 1.54) is 6.08 Å². The smallest absolute Gasteiger partial charge is 0.244 e. The van der Waals surface area contributed by atoms with Crippen LogP contribution in [0.1, 0.15) is 32.3 Å². The highest BCUT2D eigenvalue weighted by Crippen LogP contribution is 2.21. The zero-order valence-electron chi connectivity index (χ0n) is 11.2. The van der Waals surface area contributed by atoms with E-state index in [1.807, 2.05) is 0 Å². The van der Waals surface area contributed by atoms with Crippen molar-refractivity contribution in [1.82, 2.24) is 5.32 Å². The van der Waals surface area contributed by atoms with Crippen LogP contribution in [0.2, 0.25) is 10.0 Å². The Morgan fingerprint density at radius 3 is 2.58 bits per heavy atom. The lowest BCUT2D eigenvalue weighted by molar-refractivity contribution is -0.116. The van der Waals surface area contributed by atoms with E-state index in [0.29, 0.717) is 22.5 Å². The van der Waals surface area contributed by atoms with Gasteiger partial charge in [0.2, 0.25) is 5.91 Å². The maximum absolute atomic E-state index is 11.7. The monoisotopic (exact) mass is 299 g/mol. The van der Waals surface area contributed by atoms with E-state index in [9.17, 15) is 4.79 Å².